The van der Waals surface area contributed by atoms with Crippen molar-refractivity contribution < 1.29 is 19.0 Å². The highest BCUT2D eigenvalue weighted by atomic mass is 16.6. The highest BCUT2D eigenvalue weighted by Gasteiger charge is 2.32. The average Bonchev–Trinajstić information content (AvgIpc) is 3.23. The lowest BCUT2D eigenvalue weighted by atomic mass is 9.97. The molecule has 19 heavy (non-hydrogen) atoms. The minimum atomic E-state index is -0.437. The van der Waals surface area contributed by atoms with Gasteiger partial charge in [-0.05, 0) is 44.4 Å². The maximum absolute atomic E-state index is 11.8. The van der Waals surface area contributed by atoms with Crippen molar-refractivity contribution >= 4 is 5.97 Å². The van der Waals surface area contributed by atoms with Crippen LogP contribution in [0.3, 0.4) is 0 Å². The predicted molar refractivity (Wildman–Crippen MR) is 71.4 cm³/mol. The van der Waals surface area contributed by atoms with Gasteiger partial charge in [-0.25, -0.2) is 0 Å². The second kappa shape index (κ2) is 5.21. The van der Waals surface area contributed by atoms with Gasteiger partial charge in [0.15, 0.2) is 11.5 Å². The van der Waals surface area contributed by atoms with Gasteiger partial charge in [0.05, 0.1) is 18.6 Å². The number of rotatable bonds is 5. The van der Waals surface area contributed by atoms with Gasteiger partial charge in [-0.2, -0.15) is 0 Å². The third kappa shape index (κ3) is 3.07. The SMILES string of the molecule is COc1ccc(C(C)(C)OC)cc1OC(=O)C1CC1. The third-order valence-corrected chi connectivity index (χ3v) is 3.49. The van der Waals surface area contributed by atoms with E-state index >= 15 is 0 Å². The predicted octanol–water partition coefficient (Wildman–Crippen LogP) is 2.89. The van der Waals surface area contributed by atoms with Gasteiger partial charge in [-0.15, -0.1) is 0 Å². The fraction of sp³-hybridized carbons (Fsp3) is 0.533. The van der Waals surface area contributed by atoms with Gasteiger partial charge >= 0.3 is 5.97 Å². The topological polar surface area (TPSA) is 44.8 Å². The maximum atomic E-state index is 11.8. The molecule has 0 aromatic heterocycles. The van der Waals surface area contributed by atoms with Crippen LogP contribution in [0.4, 0.5) is 0 Å². The van der Waals surface area contributed by atoms with E-state index in [1.165, 1.54) is 0 Å². The average molecular weight is 264 g/mol. The number of benzene rings is 1. The van der Waals surface area contributed by atoms with E-state index in [1.807, 2.05) is 26.0 Å². The molecule has 2 rings (SSSR count). The molecule has 1 aromatic carbocycles. The van der Waals surface area contributed by atoms with E-state index in [1.54, 1.807) is 20.3 Å². The quantitative estimate of drug-likeness (QED) is 0.606. The van der Waals surface area contributed by atoms with Crippen molar-refractivity contribution in [1.29, 1.82) is 0 Å². The summed E-state index contributed by atoms with van der Waals surface area (Å²) >= 11 is 0. The zero-order valence-electron chi connectivity index (χ0n) is 11.9. The monoisotopic (exact) mass is 264 g/mol. The molecule has 1 aromatic rings. The lowest BCUT2D eigenvalue weighted by Gasteiger charge is -2.24. The number of hydrogen-bond donors (Lipinski definition) is 0. The minimum Gasteiger partial charge on any atom is -0.493 e. The van der Waals surface area contributed by atoms with Crippen LogP contribution in [-0.2, 0) is 15.1 Å². The standard InChI is InChI=1S/C15H20O4/c1-15(2,18-4)11-7-8-12(17-3)13(9-11)19-14(16)10-5-6-10/h7-10H,5-6H2,1-4H3. The molecule has 4 heteroatoms. The van der Waals surface area contributed by atoms with Crippen LogP contribution in [0.1, 0.15) is 32.3 Å². The zero-order chi connectivity index (χ0) is 14.0. The molecule has 0 spiro atoms. The summed E-state index contributed by atoms with van der Waals surface area (Å²) in [5.74, 6) is 0.904. The smallest absolute Gasteiger partial charge is 0.314 e. The number of carbonyl (C=O) groups excluding carboxylic acids is 1. The molecule has 0 heterocycles. The Labute approximate surface area is 113 Å². The first-order valence-electron chi connectivity index (χ1n) is 6.43. The summed E-state index contributed by atoms with van der Waals surface area (Å²) in [6.07, 6.45) is 1.84. The second-order valence-corrected chi connectivity index (χ2v) is 5.28. The molecule has 1 fully saturated rings. The van der Waals surface area contributed by atoms with E-state index in [2.05, 4.69) is 0 Å². The van der Waals surface area contributed by atoms with E-state index in [0.29, 0.717) is 11.5 Å². The Kier molecular flexibility index (Phi) is 3.80. The van der Waals surface area contributed by atoms with Crippen LogP contribution >= 0.6 is 0 Å². The normalized spacial score (nSPS) is 15.2. The number of ether oxygens (including phenoxy) is 3. The number of carbonyl (C=O) groups is 1. The maximum Gasteiger partial charge on any atom is 0.314 e. The summed E-state index contributed by atoms with van der Waals surface area (Å²) in [7, 11) is 3.21. The number of hydrogen-bond acceptors (Lipinski definition) is 4. The van der Waals surface area contributed by atoms with Crippen LogP contribution in [0.2, 0.25) is 0 Å². The largest absolute Gasteiger partial charge is 0.493 e. The highest BCUT2D eigenvalue weighted by Crippen LogP contribution is 2.36. The molecule has 0 unspecified atom stereocenters. The van der Waals surface area contributed by atoms with E-state index in [0.717, 1.165) is 18.4 Å². The van der Waals surface area contributed by atoms with Gasteiger partial charge < -0.3 is 14.2 Å². The molecule has 0 atom stereocenters. The molecule has 0 amide bonds. The molecule has 1 aliphatic rings. The van der Waals surface area contributed by atoms with Crippen molar-refractivity contribution in [1.82, 2.24) is 0 Å². The van der Waals surface area contributed by atoms with Gasteiger partial charge in [0, 0.05) is 7.11 Å². The van der Waals surface area contributed by atoms with E-state index in [-0.39, 0.29) is 11.9 Å². The molecule has 1 aliphatic carbocycles. The number of esters is 1. The molecular formula is C15H20O4. The van der Waals surface area contributed by atoms with Crippen LogP contribution in [0.15, 0.2) is 18.2 Å². The summed E-state index contributed by atoms with van der Waals surface area (Å²) in [6, 6.07) is 5.52. The first-order valence-corrected chi connectivity index (χ1v) is 6.43. The van der Waals surface area contributed by atoms with Crippen molar-refractivity contribution in [2.45, 2.75) is 32.3 Å². The lowest BCUT2D eigenvalue weighted by molar-refractivity contribution is -0.135. The van der Waals surface area contributed by atoms with Gasteiger partial charge in [0.25, 0.3) is 0 Å². The minimum absolute atomic E-state index is 0.0591. The second-order valence-electron chi connectivity index (χ2n) is 5.28. The van der Waals surface area contributed by atoms with Crippen molar-refractivity contribution in [2.24, 2.45) is 5.92 Å². The summed E-state index contributed by atoms with van der Waals surface area (Å²) in [6.45, 7) is 3.92. The fourth-order valence-corrected chi connectivity index (χ4v) is 1.76. The zero-order valence-corrected chi connectivity index (χ0v) is 11.9. The van der Waals surface area contributed by atoms with E-state index in [4.69, 9.17) is 14.2 Å². The summed E-state index contributed by atoms with van der Waals surface area (Å²) in [4.78, 5) is 11.8. The summed E-state index contributed by atoms with van der Waals surface area (Å²) in [5.41, 5.74) is 0.502. The molecular weight excluding hydrogens is 244 g/mol. The molecule has 0 N–H and O–H groups in total. The van der Waals surface area contributed by atoms with Crippen molar-refractivity contribution in [3.05, 3.63) is 23.8 Å². The molecule has 0 radical (unpaired) electrons. The summed E-state index contributed by atoms with van der Waals surface area (Å²) < 4.78 is 16.1. The molecule has 1 saturated carbocycles. The van der Waals surface area contributed by atoms with E-state index in [9.17, 15) is 4.79 Å². The Morgan fingerprint density at radius 3 is 2.42 bits per heavy atom. The Hall–Kier alpha value is -1.55. The first-order chi connectivity index (χ1) is 8.97. The molecule has 0 bridgehead atoms. The van der Waals surface area contributed by atoms with Crippen LogP contribution in [0.25, 0.3) is 0 Å². The Morgan fingerprint density at radius 1 is 1.21 bits per heavy atom. The highest BCUT2D eigenvalue weighted by molar-refractivity contribution is 5.78. The van der Waals surface area contributed by atoms with Crippen molar-refractivity contribution in [3.8, 4) is 11.5 Å². The van der Waals surface area contributed by atoms with E-state index < -0.39 is 5.60 Å². The molecule has 0 aliphatic heterocycles. The summed E-state index contributed by atoms with van der Waals surface area (Å²) in [5, 5.41) is 0. The molecule has 104 valence electrons. The third-order valence-electron chi connectivity index (χ3n) is 3.49. The Morgan fingerprint density at radius 2 is 1.89 bits per heavy atom. The van der Waals surface area contributed by atoms with Crippen molar-refractivity contribution in [3.63, 3.8) is 0 Å². The Bertz CT molecular complexity index is 475. The molecule has 4 nitrogen and oxygen atoms in total. The van der Waals surface area contributed by atoms with Crippen LogP contribution in [0, 0.1) is 5.92 Å². The van der Waals surface area contributed by atoms with Crippen LogP contribution in [-0.4, -0.2) is 20.2 Å². The lowest BCUT2D eigenvalue weighted by Crippen LogP contribution is -2.20. The number of methoxy groups -OCH3 is 2. The van der Waals surface area contributed by atoms with Gasteiger partial charge in [0.2, 0.25) is 0 Å². The van der Waals surface area contributed by atoms with Gasteiger partial charge in [-0.1, -0.05) is 6.07 Å². The van der Waals surface area contributed by atoms with Crippen LogP contribution < -0.4 is 9.47 Å². The van der Waals surface area contributed by atoms with Crippen LogP contribution in [0.5, 0.6) is 11.5 Å². The van der Waals surface area contributed by atoms with Gasteiger partial charge in [0.1, 0.15) is 0 Å². The van der Waals surface area contributed by atoms with Crippen molar-refractivity contribution in [2.75, 3.05) is 14.2 Å². The fourth-order valence-electron chi connectivity index (χ4n) is 1.76. The van der Waals surface area contributed by atoms with Gasteiger partial charge in [-0.3, -0.25) is 4.79 Å². The molecule has 0 saturated heterocycles. The first kappa shape index (κ1) is 13.9. The Balaban J connectivity index is 2.27.